The van der Waals surface area contributed by atoms with Crippen molar-refractivity contribution in [2.24, 2.45) is 0 Å². The van der Waals surface area contributed by atoms with E-state index < -0.39 is 11.7 Å². The monoisotopic (exact) mass is 427 g/mol. The summed E-state index contributed by atoms with van der Waals surface area (Å²) in [7, 11) is 0. The fourth-order valence-electron chi connectivity index (χ4n) is 3.12. The molecule has 1 aliphatic heterocycles. The maximum Gasteiger partial charge on any atom is 0.416 e. The molecule has 3 rings (SSSR count). The van der Waals surface area contributed by atoms with Crippen LogP contribution >= 0.6 is 11.6 Å². The van der Waals surface area contributed by atoms with Gasteiger partial charge in [-0.15, -0.1) is 0 Å². The highest BCUT2D eigenvalue weighted by Crippen LogP contribution is 2.29. The first-order valence-corrected chi connectivity index (χ1v) is 9.63. The van der Waals surface area contributed by atoms with E-state index >= 15 is 0 Å². The minimum Gasteiger partial charge on any atom is -0.484 e. The fraction of sp³-hybridized carbons (Fsp3) is 0.381. The van der Waals surface area contributed by atoms with Gasteiger partial charge in [0.15, 0.2) is 6.61 Å². The number of amides is 1. The Bertz CT molecular complexity index is 827. The van der Waals surface area contributed by atoms with Crippen molar-refractivity contribution < 1.29 is 27.4 Å². The predicted octanol–water partition coefficient (Wildman–Crippen LogP) is 4.95. The van der Waals surface area contributed by atoms with E-state index in [0.717, 1.165) is 25.0 Å². The van der Waals surface area contributed by atoms with Crippen LogP contribution in [0.5, 0.6) is 5.75 Å². The molecule has 2 aromatic rings. The molecule has 156 valence electrons. The van der Waals surface area contributed by atoms with Crippen LogP contribution in [0.25, 0.3) is 0 Å². The molecule has 1 amide bonds. The molecule has 0 saturated carbocycles. The summed E-state index contributed by atoms with van der Waals surface area (Å²) in [5.74, 6) is 0.393. The molecule has 1 heterocycles. The van der Waals surface area contributed by atoms with Gasteiger partial charge in [0.1, 0.15) is 5.75 Å². The molecule has 1 saturated heterocycles. The van der Waals surface area contributed by atoms with Gasteiger partial charge in [0.05, 0.1) is 18.3 Å². The number of rotatable bonds is 6. The molecule has 4 nitrogen and oxygen atoms in total. The average molecular weight is 428 g/mol. The van der Waals surface area contributed by atoms with Gasteiger partial charge in [0, 0.05) is 18.1 Å². The number of carbonyl (C=O) groups is 1. The lowest BCUT2D eigenvalue weighted by molar-refractivity contribution is -0.139. The minimum absolute atomic E-state index is 0.0674. The van der Waals surface area contributed by atoms with Crippen molar-refractivity contribution in [2.75, 3.05) is 19.7 Å². The maximum absolute atomic E-state index is 12.8. The van der Waals surface area contributed by atoms with Gasteiger partial charge in [-0.1, -0.05) is 23.7 Å². The number of likely N-dealkylation sites (tertiary alicyclic amines) is 1. The SMILES string of the molecule is O=C(COc1ccc(Cl)cc1)N1CCC[C@@H](OCc2cccc(C(F)(F)F)c2)C1. The summed E-state index contributed by atoms with van der Waals surface area (Å²) in [6.07, 6.45) is -3.09. The standard InChI is InChI=1S/C21H21ClF3NO3/c22-17-6-8-18(9-7-17)29-14-20(27)26-10-2-5-19(12-26)28-13-15-3-1-4-16(11-15)21(23,24)25/h1,3-4,6-9,11,19H,2,5,10,12-14H2/t19-/m1/s1. The van der Waals surface area contributed by atoms with E-state index in [1.807, 2.05) is 0 Å². The Hall–Kier alpha value is -2.25. The van der Waals surface area contributed by atoms with Gasteiger partial charge in [0.2, 0.25) is 0 Å². The molecule has 0 radical (unpaired) electrons. The summed E-state index contributed by atoms with van der Waals surface area (Å²) in [5.41, 5.74) is -0.243. The van der Waals surface area contributed by atoms with Crippen LogP contribution in [0.2, 0.25) is 5.02 Å². The second-order valence-corrected chi connectivity index (χ2v) is 7.29. The molecule has 1 atom stereocenters. The maximum atomic E-state index is 12.8. The molecule has 0 bridgehead atoms. The number of piperidine rings is 1. The van der Waals surface area contributed by atoms with Gasteiger partial charge in [-0.25, -0.2) is 0 Å². The Labute approximate surface area is 172 Å². The Morgan fingerprint density at radius 3 is 2.66 bits per heavy atom. The first kappa shape index (κ1) is 21.5. The molecule has 0 spiro atoms. The van der Waals surface area contributed by atoms with Gasteiger partial charge in [-0.2, -0.15) is 13.2 Å². The highest BCUT2D eigenvalue weighted by Gasteiger charge is 2.30. The van der Waals surface area contributed by atoms with Gasteiger partial charge in [-0.3, -0.25) is 4.79 Å². The summed E-state index contributed by atoms with van der Waals surface area (Å²) < 4.78 is 49.7. The van der Waals surface area contributed by atoms with E-state index in [0.29, 0.717) is 29.4 Å². The van der Waals surface area contributed by atoms with Crippen molar-refractivity contribution in [2.45, 2.75) is 31.7 Å². The number of benzene rings is 2. The van der Waals surface area contributed by atoms with Gasteiger partial charge < -0.3 is 14.4 Å². The molecule has 1 aliphatic rings. The normalized spacial score (nSPS) is 17.2. The first-order chi connectivity index (χ1) is 13.8. The number of ether oxygens (including phenoxy) is 2. The Morgan fingerprint density at radius 2 is 1.93 bits per heavy atom. The molecule has 0 N–H and O–H groups in total. The molecular weight excluding hydrogens is 407 g/mol. The molecule has 0 aromatic heterocycles. The molecule has 8 heteroatoms. The number of nitrogens with zero attached hydrogens (tertiary/aromatic N) is 1. The van der Waals surface area contributed by atoms with E-state index in [1.54, 1.807) is 35.2 Å². The van der Waals surface area contributed by atoms with Crippen LogP contribution < -0.4 is 4.74 Å². The lowest BCUT2D eigenvalue weighted by Crippen LogP contribution is -2.45. The number of carbonyl (C=O) groups excluding carboxylic acids is 1. The summed E-state index contributed by atoms with van der Waals surface area (Å²) >= 11 is 5.82. The molecule has 0 aliphatic carbocycles. The molecular formula is C21H21ClF3NO3. The summed E-state index contributed by atoms with van der Waals surface area (Å²) in [4.78, 5) is 14.1. The van der Waals surface area contributed by atoms with E-state index in [2.05, 4.69) is 0 Å². The van der Waals surface area contributed by atoms with Crippen LogP contribution in [0.3, 0.4) is 0 Å². The topological polar surface area (TPSA) is 38.8 Å². The van der Waals surface area contributed by atoms with E-state index in [9.17, 15) is 18.0 Å². The van der Waals surface area contributed by atoms with E-state index in [-0.39, 0.29) is 25.2 Å². The van der Waals surface area contributed by atoms with Crippen molar-refractivity contribution in [3.63, 3.8) is 0 Å². The van der Waals surface area contributed by atoms with Crippen molar-refractivity contribution >= 4 is 17.5 Å². The van der Waals surface area contributed by atoms with Crippen LogP contribution in [0, 0.1) is 0 Å². The van der Waals surface area contributed by atoms with Gasteiger partial charge in [-0.05, 0) is 54.8 Å². The average Bonchev–Trinajstić information content (AvgIpc) is 2.71. The van der Waals surface area contributed by atoms with E-state index in [1.165, 1.54) is 6.07 Å². The van der Waals surface area contributed by atoms with Crippen LogP contribution in [-0.2, 0) is 22.3 Å². The summed E-state index contributed by atoms with van der Waals surface area (Å²) in [6.45, 7) is 0.966. The first-order valence-electron chi connectivity index (χ1n) is 9.25. The van der Waals surface area contributed by atoms with Crippen molar-refractivity contribution in [3.8, 4) is 5.75 Å². The number of alkyl halides is 3. The third-order valence-corrected chi connectivity index (χ3v) is 4.90. The Balaban J connectivity index is 1.48. The summed E-state index contributed by atoms with van der Waals surface area (Å²) in [6, 6.07) is 11.8. The number of hydrogen-bond donors (Lipinski definition) is 0. The lowest BCUT2D eigenvalue weighted by atomic mass is 10.1. The van der Waals surface area contributed by atoms with Crippen LogP contribution in [0.4, 0.5) is 13.2 Å². The van der Waals surface area contributed by atoms with Crippen LogP contribution in [-0.4, -0.2) is 36.6 Å². The minimum atomic E-state index is -4.38. The van der Waals surface area contributed by atoms with Gasteiger partial charge in [0.25, 0.3) is 5.91 Å². The zero-order valence-electron chi connectivity index (χ0n) is 15.6. The highest BCUT2D eigenvalue weighted by molar-refractivity contribution is 6.30. The zero-order chi connectivity index (χ0) is 20.9. The quantitative estimate of drug-likeness (QED) is 0.655. The van der Waals surface area contributed by atoms with Crippen LogP contribution in [0.1, 0.15) is 24.0 Å². The molecule has 29 heavy (non-hydrogen) atoms. The smallest absolute Gasteiger partial charge is 0.416 e. The van der Waals surface area contributed by atoms with Crippen LogP contribution in [0.15, 0.2) is 48.5 Å². The number of halogens is 4. The molecule has 2 aromatic carbocycles. The van der Waals surface area contributed by atoms with E-state index in [4.69, 9.17) is 21.1 Å². The zero-order valence-corrected chi connectivity index (χ0v) is 16.4. The molecule has 1 fully saturated rings. The van der Waals surface area contributed by atoms with Gasteiger partial charge >= 0.3 is 6.18 Å². The van der Waals surface area contributed by atoms with Crippen molar-refractivity contribution in [3.05, 3.63) is 64.7 Å². The predicted molar refractivity (Wildman–Crippen MR) is 103 cm³/mol. The van der Waals surface area contributed by atoms with Crippen molar-refractivity contribution in [1.82, 2.24) is 4.90 Å². The Kier molecular flexibility index (Phi) is 7.03. The largest absolute Gasteiger partial charge is 0.484 e. The van der Waals surface area contributed by atoms with Crippen molar-refractivity contribution in [1.29, 1.82) is 0 Å². The molecule has 0 unspecified atom stereocenters. The second kappa shape index (κ2) is 9.50. The lowest BCUT2D eigenvalue weighted by Gasteiger charge is -2.32. The second-order valence-electron chi connectivity index (χ2n) is 6.86. The Morgan fingerprint density at radius 1 is 1.17 bits per heavy atom. The fourth-order valence-corrected chi connectivity index (χ4v) is 3.25. The summed E-state index contributed by atoms with van der Waals surface area (Å²) in [5, 5.41) is 0.584. The highest BCUT2D eigenvalue weighted by atomic mass is 35.5. The number of hydrogen-bond acceptors (Lipinski definition) is 3. The third kappa shape index (κ3) is 6.37. The third-order valence-electron chi connectivity index (χ3n) is 4.65.